The van der Waals surface area contributed by atoms with Crippen molar-refractivity contribution in [2.24, 2.45) is 0 Å². The molecule has 0 saturated heterocycles. The Bertz CT molecular complexity index is 164. The van der Waals surface area contributed by atoms with Crippen molar-refractivity contribution in [3.8, 4) is 0 Å². The second-order valence-electron chi connectivity index (χ2n) is 3.40. The van der Waals surface area contributed by atoms with Crippen molar-refractivity contribution in [3.05, 3.63) is 39.8 Å². The van der Waals surface area contributed by atoms with Crippen LogP contribution in [-0.2, 0) is 21.7 Å². The molecule has 0 aliphatic heterocycles. The smallest absolute Gasteiger partial charge is 0.668 e. The van der Waals surface area contributed by atoms with Crippen LogP contribution in [-0.4, -0.2) is 42.3 Å². The van der Waals surface area contributed by atoms with Gasteiger partial charge in [-0.1, -0.05) is 19.8 Å². The molecular weight excluding hydrogens is 258 g/mol. The first-order valence-corrected chi connectivity index (χ1v) is 5.88. The molecule has 0 atom stereocenters. The standard InChI is InChI=1S/C8H11.3C2H6N.Ti/c1-2-5-8-6-3-4-7-8;3*1-3-2;/h3,6H,2,4-5H2,1H3;3*1-2H3;/q4*-1;+4. The molecule has 1 rings (SSSR count). The van der Waals surface area contributed by atoms with E-state index in [-0.39, 0.29) is 21.7 Å². The van der Waals surface area contributed by atoms with E-state index in [0.29, 0.717) is 0 Å². The molecule has 18 heavy (non-hydrogen) atoms. The Morgan fingerprint density at radius 2 is 1.39 bits per heavy atom. The molecule has 0 spiro atoms. The summed E-state index contributed by atoms with van der Waals surface area (Å²) in [5.74, 6) is 0. The summed E-state index contributed by atoms with van der Waals surface area (Å²) < 4.78 is 0. The molecular formula is C14H29N3Ti. The molecule has 0 N–H and O–H groups in total. The Labute approximate surface area is 130 Å². The van der Waals surface area contributed by atoms with Crippen molar-refractivity contribution in [1.82, 2.24) is 0 Å². The molecule has 0 bridgehead atoms. The van der Waals surface area contributed by atoms with Crippen molar-refractivity contribution >= 4 is 0 Å². The zero-order valence-electron chi connectivity index (χ0n) is 13.1. The fourth-order valence-electron chi connectivity index (χ4n) is 0.891. The van der Waals surface area contributed by atoms with Crippen LogP contribution >= 0.6 is 0 Å². The number of rotatable bonds is 2. The summed E-state index contributed by atoms with van der Waals surface area (Å²) in [6.07, 6.45) is 11.1. The topological polar surface area (TPSA) is 42.3 Å². The van der Waals surface area contributed by atoms with E-state index in [4.69, 9.17) is 0 Å². The quantitative estimate of drug-likeness (QED) is 0.536. The maximum atomic E-state index is 3.50. The summed E-state index contributed by atoms with van der Waals surface area (Å²) in [7, 11) is 10.5. The molecule has 0 unspecified atom stereocenters. The Morgan fingerprint density at radius 3 is 1.61 bits per heavy atom. The van der Waals surface area contributed by atoms with Gasteiger partial charge in [0, 0.05) is 0 Å². The Hall–Kier alpha value is 0.0743. The third kappa shape index (κ3) is 36.0. The molecule has 1 aliphatic carbocycles. The van der Waals surface area contributed by atoms with Gasteiger partial charge in [0.25, 0.3) is 0 Å². The third-order valence-corrected chi connectivity index (χ3v) is 1.29. The Balaban J connectivity index is -0.0000000840. The second kappa shape index (κ2) is 30.3. The fraction of sp³-hybridized carbons (Fsp3) is 0.714. The van der Waals surface area contributed by atoms with Gasteiger partial charge < -0.3 is 16.0 Å². The second-order valence-corrected chi connectivity index (χ2v) is 3.40. The van der Waals surface area contributed by atoms with E-state index in [1.54, 1.807) is 42.3 Å². The van der Waals surface area contributed by atoms with Gasteiger partial charge in [0.2, 0.25) is 0 Å². The van der Waals surface area contributed by atoms with Crippen molar-refractivity contribution in [1.29, 1.82) is 0 Å². The minimum Gasteiger partial charge on any atom is -0.668 e. The summed E-state index contributed by atoms with van der Waals surface area (Å²) in [6, 6.07) is 0. The van der Waals surface area contributed by atoms with E-state index < -0.39 is 0 Å². The van der Waals surface area contributed by atoms with Crippen molar-refractivity contribution < 1.29 is 21.7 Å². The zero-order chi connectivity index (χ0) is 13.9. The maximum absolute atomic E-state index is 3.50. The van der Waals surface area contributed by atoms with Gasteiger partial charge in [0.05, 0.1) is 0 Å². The summed E-state index contributed by atoms with van der Waals surface area (Å²) >= 11 is 0. The predicted molar refractivity (Wildman–Crippen MR) is 81.0 cm³/mol. The van der Waals surface area contributed by atoms with Crippen LogP contribution in [0.1, 0.15) is 26.2 Å². The van der Waals surface area contributed by atoms with E-state index >= 15 is 0 Å². The number of hydrogen-bond donors (Lipinski definition) is 0. The van der Waals surface area contributed by atoms with E-state index in [0.717, 1.165) is 6.42 Å². The Kier molecular flexibility index (Phi) is 44.7. The molecule has 0 aromatic rings. The molecule has 4 heteroatoms. The van der Waals surface area contributed by atoms with Crippen LogP contribution in [0.15, 0.2) is 17.7 Å². The van der Waals surface area contributed by atoms with Gasteiger partial charge >= 0.3 is 21.7 Å². The van der Waals surface area contributed by atoms with Gasteiger partial charge in [0.1, 0.15) is 0 Å². The fourth-order valence-corrected chi connectivity index (χ4v) is 0.891. The normalized spacial score (nSPS) is 10.5. The van der Waals surface area contributed by atoms with Gasteiger partial charge in [-0.15, -0.1) is 6.42 Å². The first kappa shape index (κ1) is 26.6. The average molecular weight is 287 g/mol. The molecule has 0 saturated carbocycles. The van der Waals surface area contributed by atoms with Crippen LogP contribution < -0.4 is 0 Å². The molecule has 3 nitrogen and oxygen atoms in total. The molecule has 0 fully saturated rings. The van der Waals surface area contributed by atoms with Gasteiger partial charge in [-0.2, -0.15) is 48.4 Å². The molecule has 0 aromatic heterocycles. The van der Waals surface area contributed by atoms with Gasteiger partial charge in [-0.3, -0.25) is 6.08 Å². The van der Waals surface area contributed by atoms with Crippen LogP contribution in [0.25, 0.3) is 16.0 Å². The first-order chi connectivity index (χ1) is 8.17. The summed E-state index contributed by atoms with van der Waals surface area (Å²) in [6.45, 7) is 2.20. The molecule has 0 heterocycles. The van der Waals surface area contributed by atoms with Crippen molar-refractivity contribution in [2.75, 3.05) is 42.3 Å². The molecule has 1 aliphatic rings. The SMILES string of the molecule is CCCC1=[C-]CC=C1.C[N-]C.C[N-]C.C[N-]C.[Ti+4]. The average Bonchev–Trinajstić information content (AvgIpc) is 2.75. The summed E-state index contributed by atoms with van der Waals surface area (Å²) in [5.41, 5.74) is 1.40. The molecule has 0 aromatic carbocycles. The summed E-state index contributed by atoms with van der Waals surface area (Å²) in [4.78, 5) is 0. The van der Waals surface area contributed by atoms with Crippen LogP contribution in [0.5, 0.6) is 0 Å². The number of nitrogens with zero attached hydrogens (tertiary/aromatic N) is 3. The number of hydrogen-bond acceptors (Lipinski definition) is 0. The maximum Gasteiger partial charge on any atom is 4.00 e. The van der Waals surface area contributed by atoms with Crippen LogP contribution in [0, 0.1) is 6.08 Å². The minimum absolute atomic E-state index is 0. The van der Waals surface area contributed by atoms with Gasteiger partial charge in [0.15, 0.2) is 0 Å². The minimum atomic E-state index is 0. The van der Waals surface area contributed by atoms with Crippen LogP contribution in [0.3, 0.4) is 0 Å². The summed E-state index contributed by atoms with van der Waals surface area (Å²) in [5, 5.41) is 10.5. The monoisotopic (exact) mass is 287 g/mol. The zero-order valence-corrected chi connectivity index (χ0v) is 14.7. The van der Waals surface area contributed by atoms with Crippen LogP contribution in [0.4, 0.5) is 0 Å². The Morgan fingerprint density at radius 1 is 1.00 bits per heavy atom. The third-order valence-electron chi connectivity index (χ3n) is 1.29. The molecule has 0 amide bonds. The largest absolute Gasteiger partial charge is 4.00 e. The van der Waals surface area contributed by atoms with Crippen LogP contribution in [0.2, 0.25) is 0 Å². The van der Waals surface area contributed by atoms with Gasteiger partial charge in [-0.25, -0.2) is 11.6 Å². The van der Waals surface area contributed by atoms with Gasteiger partial charge in [-0.05, 0) is 0 Å². The van der Waals surface area contributed by atoms with Crippen molar-refractivity contribution in [2.45, 2.75) is 26.2 Å². The number of allylic oxidation sites excluding steroid dienone is 4. The van der Waals surface area contributed by atoms with E-state index in [1.807, 2.05) is 0 Å². The van der Waals surface area contributed by atoms with Crippen molar-refractivity contribution in [3.63, 3.8) is 0 Å². The predicted octanol–water partition coefficient (Wildman–Crippen LogP) is 4.33. The van der Waals surface area contributed by atoms with E-state index in [1.165, 1.54) is 18.4 Å². The molecule has 104 valence electrons. The first-order valence-electron chi connectivity index (χ1n) is 5.88. The molecule has 0 radical (unpaired) electrons. The van der Waals surface area contributed by atoms with E-state index in [2.05, 4.69) is 41.1 Å². The van der Waals surface area contributed by atoms with E-state index in [9.17, 15) is 0 Å².